The van der Waals surface area contributed by atoms with Crippen LogP contribution in [0.15, 0.2) is 29.1 Å². The van der Waals surface area contributed by atoms with Gasteiger partial charge in [0.25, 0.3) is 11.5 Å². The third-order valence-electron chi connectivity index (χ3n) is 4.40. The maximum atomic E-state index is 12.4. The standard InChI is InChI=1S/C16H19N3O2/c1-16(8-4-5-9-16)10-17-15(21)13-11-6-2-3-7-12(11)14(20)19-18-13/h2-3,6-7H,4-5,8-10H2,1H3,(H,17,21)(H,19,20). The Morgan fingerprint density at radius 1 is 1.29 bits per heavy atom. The number of nitrogens with zero attached hydrogens (tertiary/aromatic N) is 1. The number of carbonyl (C=O) groups excluding carboxylic acids is 1. The average Bonchev–Trinajstić information content (AvgIpc) is 2.93. The van der Waals surface area contributed by atoms with Crippen molar-refractivity contribution in [3.63, 3.8) is 0 Å². The molecular formula is C16H19N3O2. The van der Waals surface area contributed by atoms with Crippen LogP contribution in [-0.4, -0.2) is 22.6 Å². The quantitative estimate of drug-likeness (QED) is 0.908. The zero-order valence-electron chi connectivity index (χ0n) is 12.1. The van der Waals surface area contributed by atoms with E-state index in [0.717, 1.165) is 12.8 Å². The Kier molecular flexibility index (Phi) is 3.49. The van der Waals surface area contributed by atoms with Crippen LogP contribution in [0.5, 0.6) is 0 Å². The summed E-state index contributed by atoms with van der Waals surface area (Å²) in [5.41, 5.74) is 0.199. The van der Waals surface area contributed by atoms with E-state index >= 15 is 0 Å². The number of hydrogen-bond acceptors (Lipinski definition) is 3. The number of amides is 1. The van der Waals surface area contributed by atoms with Crippen LogP contribution in [0.3, 0.4) is 0 Å². The molecule has 0 unspecified atom stereocenters. The Morgan fingerprint density at radius 2 is 1.95 bits per heavy atom. The molecule has 1 aromatic carbocycles. The summed E-state index contributed by atoms with van der Waals surface area (Å²) in [5.74, 6) is -0.226. The molecule has 1 saturated carbocycles. The van der Waals surface area contributed by atoms with Crippen molar-refractivity contribution in [1.29, 1.82) is 0 Å². The topological polar surface area (TPSA) is 74.8 Å². The van der Waals surface area contributed by atoms with E-state index in [1.54, 1.807) is 24.3 Å². The van der Waals surface area contributed by atoms with Crippen LogP contribution in [0.4, 0.5) is 0 Å². The molecule has 2 aromatic rings. The van der Waals surface area contributed by atoms with Gasteiger partial charge in [-0.2, -0.15) is 5.10 Å². The van der Waals surface area contributed by atoms with Crippen LogP contribution in [0.1, 0.15) is 43.1 Å². The van der Waals surface area contributed by atoms with Gasteiger partial charge in [-0.15, -0.1) is 0 Å². The van der Waals surface area contributed by atoms with Gasteiger partial charge in [-0.05, 0) is 24.3 Å². The lowest BCUT2D eigenvalue weighted by Crippen LogP contribution is -2.35. The number of H-pyrrole nitrogens is 1. The molecular weight excluding hydrogens is 266 g/mol. The van der Waals surface area contributed by atoms with E-state index in [2.05, 4.69) is 22.4 Å². The summed E-state index contributed by atoms with van der Waals surface area (Å²) in [6, 6.07) is 7.03. The average molecular weight is 285 g/mol. The first-order valence-corrected chi connectivity index (χ1v) is 7.35. The molecule has 0 spiro atoms. The van der Waals surface area contributed by atoms with Crippen LogP contribution in [0.2, 0.25) is 0 Å². The predicted molar refractivity (Wildman–Crippen MR) is 81.3 cm³/mol. The molecule has 0 bridgehead atoms. The second-order valence-electron chi connectivity index (χ2n) is 6.15. The van der Waals surface area contributed by atoms with Crippen molar-refractivity contribution in [2.24, 2.45) is 5.41 Å². The minimum absolute atomic E-state index is 0.188. The Hall–Kier alpha value is -2.17. The summed E-state index contributed by atoms with van der Waals surface area (Å²) in [5, 5.41) is 10.4. The van der Waals surface area contributed by atoms with Crippen molar-refractivity contribution < 1.29 is 4.79 Å². The van der Waals surface area contributed by atoms with Crippen LogP contribution >= 0.6 is 0 Å². The molecule has 1 aromatic heterocycles. The number of aromatic nitrogens is 2. The smallest absolute Gasteiger partial charge is 0.272 e. The molecule has 1 fully saturated rings. The molecule has 110 valence electrons. The maximum absolute atomic E-state index is 12.4. The van der Waals surface area contributed by atoms with E-state index in [9.17, 15) is 9.59 Å². The number of hydrogen-bond donors (Lipinski definition) is 2. The molecule has 0 radical (unpaired) electrons. The fourth-order valence-corrected chi connectivity index (χ4v) is 3.07. The summed E-state index contributed by atoms with van der Waals surface area (Å²) in [4.78, 5) is 24.1. The first kappa shape index (κ1) is 13.8. The number of nitrogens with one attached hydrogen (secondary N) is 2. The second-order valence-corrected chi connectivity index (χ2v) is 6.15. The first-order chi connectivity index (χ1) is 10.1. The number of benzene rings is 1. The van der Waals surface area contributed by atoms with E-state index in [1.165, 1.54) is 12.8 Å². The highest BCUT2D eigenvalue weighted by molar-refractivity contribution is 6.04. The van der Waals surface area contributed by atoms with Crippen molar-refractivity contribution in [3.8, 4) is 0 Å². The summed E-state index contributed by atoms with van der Waals surface area (Å²) in [6.07, 6.45) is 4.75. The minimum atomic E-state index is -0.273. The Morgan fingerprint density at radius 3 is 2.67 bits per heavy atom. The van der Waals surface area contributed by atoms with Gasteiger partial charge in [-0.3, -0.25) is 9.59 Å². The number of rotatable bonds is 3. The first-order valence-electron chi connectivity index (χ1n) is 7.35. The fraction of sp³-hybridized carbons (Fsp3) is 0.438. The molecule has 5 heteroatoms. The molecule has 0 saturated heterocycles. The molecule has 1 amide bonds. The van der Waals surface area contributed by atoms with E-state index < -0.39 is 0 Å². The highest BCUT2D eigenvalue weighted by atomic mass is 16.2. The van der Waals surface area contributed by atoms with Gasteiger partial charge in [-0.25, -0.2) is 5.10 Å². The lowest BCUT2D eigenvalue weighted by Gasteiger charge is -2.23. The van der Waals surface area contributed by atoms with Gasteiger partial charge in [0.15, 0.2) is 5.69 Å². The Bertz CT molecular complexity index is 730. The summed E-state index contributed by atoms with van der Waals surface area (Å²) >= 11 is 0. The summed E-state index contributed by atoms with van der Waals surface area (Å²) < 4.78 is 0. The molecule has 2 N–H and O–H groups in total. The maximum Gasteiger partial charge on any atom is 0.272 e. The van der Waals surface area contributed by atoms with Gasteiger partial charge < -0.3 is 5.32 Å². The highest BCUT2D eigenvalue weighted by Crippen LogP contribution is 2.36. The second kappa shape index (κ2) is 5.31. The number of carbonyl (C=O) groups is 1. The summed E-state index contributed by atoms with van der Waals surface area (Å²) in [7, 11) is 0. The molecule has 1 heterocycles. The van der Waals surface area contributed by atoms with Crippen molar-refractivity contribution in [1.82, 2.24) is 15.5 Å². The van der Waals surface area contributed by atoms with Gasteiger partial charge in [0.2, 0.25) is 0 Å². The fourth-order valence-electron chi connectivity index (χ4n) is 3.07. The normalized spacial score (nSPS) is 17.0. The predicted octanol–water partition coefficient (Wildman–Crippen LogP) is 2.23. The van der Waals surface area contributed by atoms with E-state index in [-0.39, 0.29) is 22.6 Å². The van der Waals surface area contributed by atoms with Gasteiger partial charge in [-0.1, -0.05) is 38.0 Å². The van der Waals surface area contributed by atoms with Crippen molar-refractivity contribution in [2.45, 2.75) is 32.6 Å². The Balaban J connectivity index is 1.85. The van der Waals surface area contributed by atoms with Crippen molar-refractivity contribution in [3.05, 3.63) is 40.3 Å². The van der Waals surface area contributed by atoms with Crippen molar-refractivity contribution >= 4 is 16.7 Å². The molecule has 1 aliphatic rings. The van der Waals surface area contributed by atoms with Gasteiger partial charge in [0, 0.05) is 11.9 Å². The monoisotopic (exact) mass is 285 g/mol. The molecule has 3 rings (SSSR count). The van der Waals surface area contributed by atoms with Gasteiger partial charge >= 0.3 is 0 Å². The number of fused-ring (bicyclic) bond motifs is 1. The zero-order chi connectivity index (χ0) is 14.9. The Labute approximate surface area is 122 Å². The van der Waals surface area contributed by atoms with Crippen LogP contribution in [-0.2, 0) is 0 Å². The SMILES string of the molecule is CC1(CNC(=O)c2n[nH]c(=O)c3ccccc23)CCCC1. The molecule has 0 aliphatic heterocycles. The van der Waals surface area contributed by atoms with E-state index in [4.69, 9.17) is 0 Å². The zero-order valence-corrected chi connectivity index (χ0v) is 12.1. The van der Waals surface area contributed by atoms with Gasteiger partial charge in [0.05, 0.1) is 5.39 Å². The summed E-state index contributed by atoms with van der Waals surface area (Å²) in [6.45, 7) is 2.86. The largest absolute Gasteiger partial charge is 0.350 e. The lowest BCUT2D eigenvalue weighted by atomic mass is 9.89. The van der Waals surface area contributed by atoms with Gasteiger partial charge in [0.1, 0.15) is 0 Å². The third kappa shape index (κ3) is 2.68. The van der Waals surface area contributed by atoms with Crippen LogP contribution < -0.4 is 10.9 Å². The molecule has 5 nitrogen and oxygen atoms in total. The third-order valence-corrected chi connectivity index (χ3v) is 4.40. The van der Waals surface area contributed by atoms with Crippen LogP contribution in [0.25, 0.3) is 10.8 Å². The molecule has 1 aliphatic carbocycles. The van der Waals surface area contributed by atoms with E-state index in [0.29, 0.717) is 17.3 Å². The van der Waals surface area contributed by atoms with Crippen molar-refractivity contribution in [2.75, 3.05) is 6.54 Å². The number of aromatic amines is 1. The molecule has 21 heavy (non-hydrogen) atoms. The highest BCUT2D eigenvalue weighted by Gasteiger charge is 2.29. The lowest BCUT2D eigenvalue weighted by molar-refractivity contribution is 0.0930. The van der Waals surface area contributed by atoms with E-state index in [1.807, 2.05) is 0 Å². The molecule has 0 atom stereocenters. The minimum Gasteiger partial charge on any atom is -0.350 e. The van der Waals surface area contributed by atoms with Crippen LogP contribution in [0, 0.1) is 5.41 Å².